The Bertz CT molecular complexity index is 369. The Morgan fingerprint density at radius 2 is 1.25 bits per heavy atom. The summed E-state index contributed by atoms with van der Waals surface area (Å²) in [6, 6.07) is 0. The molecule has 16 heavy (non-hydrogen) atoms. The second-order valence-electron chi connectivity index (χ2n) is 3.27. The minimum absolute atomic E-state index is 0. The van der Waals surface area contributed by atoms with Crippen LogP contribution in [-0.4, -0.2) is 64.8 Å². The van der Waals surface area contributed by atoms with E-state index < -0.39 is 26.2 Å². The maximum Gasteiger partial charge on any atom is 0.212 e. The minimum Gasteiger partial charge on any atom is -0.328 e. The van der Waals surface area contributed by atoms with E-state index in [1.807, 2.05) is 0 Å². The Balaban J connectivity index is 0. The molecule has 0 aromatic heterocycles. The predicted octanol–water partition coefficient (Wildman–Crippen LogP) is -1.52. The lowest BCUT2D eigenvalue weighted by molar-refractivity contribution is 0.238. The lowest BCUT2D eigenvalue weighted by atomic mass is 10.5. The molecule has 0 saturated carbocycles. The highest BCUT2D eigenvalue weighted by Gasteiger charge is 2.29. The maximum atomic E-state index is 11.2. The monoisotopic (exact) mass is 295 g/mol. The summed E-state index contributed by atoms with van der Waals surface area (Å²) in [6.07, 6.45) is 1.09. The molecule has 0 aromatic rings. The smallest absolute Gasteiger partial charge is 0.212 e. The molecule has 0 radical (unpaired) electrons. The average Bonchev–Trinajstić information content (AvgIpc) is 2.01. The van der Waals surface area contributed by atoms with E-state index in [2.05, 4.69) is 0 Å². The summed E-state index contributed by atoms with van der Waals surface area (Å²) in [6.45, 7) is -0.104. The first-order valence-electron chi connectivity index (χ1n) is 4.08. The van der Waals surface area contributed by atoms with Gasteiger partial charge in [0.2, 0.25) is 20.0 Å². The van der Waals surface area contributed by atoms with E-state index in [0.717, 1.165) is 21.1 Å². The number of halogens is 1. The molecule has 7 nitrogen and oxygen atoms in total. The molecule has 0 unspecified atom stereocenters. The van der Waals surface area contributed by atoms with Crippen molar-refractivity contribution in [3.05, 3.63) is 0 Å². The fraction of sp³-hybridized carbons (Fsp3) is 1.00. The molecule has 0 amide bonds. The van der Waals surface area contributed by atoms with Crippen LogP contribution >= 0.6 is 12.4 Å². The number of hydrogen-bond acceptors (Lipinski definition) is 5. The van der Waals surface area contributed by atoms with E-state index in [0.29, 0.717) is 0 Å². The summed E-state index contributed by atoms with van der Waals surface area (Å²) in [5.41, 5.74) is 5.36. The van der Waals surface area contributed by atoms with Crippen LogP contribution in [0.2, 0.25) is 0 Å². The molecular weight excluding hydrogens is 278 g/mol. The van der Waals surface area contributed by atoms with Gasteiger partial charge in [0.25, 0.3) is 0 Å². The largest absolute Gasteiger partial charge is 0.328 e. The summed E-state index contributed by atoms with van der Waals surface area (Å²) in [5.74, 6) is 0. The van der Waals surface area contributed by atoms with Crippen molar-refractivity contribution in [3.63, 3.8) is 0 Å². The zero-order chi connectivity index (χ0) is 12.4. The third kappa shape index (κ3) is 4.93. The molecule has 100 valence electrons. The standard InChI is InChI=1S/C6H17N3O4S2.ClH/c1-8(14(3,10)11)6(5-7)9(2)15(4,12)13;/h6H,5,7H2,1-4H3;1H. The van der Waals surface area contributed by atoms with E-state index in [1.165, 1.54) is 14.1 Å². The van der Waals surface area contributed by atoms with Crippen LogP contribution in [0.4, 0.5) is 0 Å². The van der Waals surface area contributed by atoms with Crippen molar-refractivity contribution in [3.8, 4) is 0 Å². The van der Waals surface area contributed by atoms with Gasteiger partial charge in [0, 0.05) is 20.6 Å². The number of nitrogens with zero attached hydrogens (tertiary/aromatic N) is 2. The Morgan fingerprint density at radius 1 is 1.00 bits per heavy atom. The van der Waals surface area contributed by atoms with Gasteiger partial charge in [-0.1, -0.05) is 0 Å². The summed E-state index contributed by atoms with van der Waals surface area (Å²) in [7, 11) is -4.37. The second kappa shape index (κ2) is 6.12. The number of likely N-dealkylation sites (N-methyl/N-ethyl adjacent to an activating group) is 2. The van der Waals surface area contributed by atoms with Crippen molar-refractivity contribution in [1.82, 2.24) is 8.61 Å². The summed E-state index contributed by atoms with van der Waals surface area (Å²) in [4.78, 5) is 0. The quantitative estimate of drug-likeness (QED) is 0.621. The third-order valence-corrected chi connectivity index (χ3v) is 4.68. The highest BCUT2D eigenvalue weighted by molar-refractivity contribution is 7.89. The molecule has 0 aliphatic carbocycles. The normalized spacial score (nSPS) is 13.2. The van der Waals surface area contributed by atoms with Crippen molar-refractivity contribution in [2.45, 2.75) is 6.17 Å². The van der Waals surface area contributed by atoms with Gasteiger partial charge in [-0.05, 0) is 0 Å². The SMILES string of the molecule is CN(C(CN)N(C)S(C)(=O)=O)S(C)(=O)=O.Cl. The van der Waals surface area contributed by atoms with Gasteiger partial charge in [-0.25, -0.2) is 16.8 Å². The lowest BCUT2D eigenvalue weighted by Gasteiger charge is -2.31. The molecule has 0 aromatic carbocycles. The zero-order valence-corrected chi connectivity index (χ0v) is 12.1. The van der Waals surface area contributed by atoms with Crippen molar-refractivity contribution in [2.24, 2.45) is 5.73 Å². The van der Waals surface area contributed by atoms with Crippen LogP contribution in [0.1, 0.15) is 0 Å². The van der Waals surface area contributed by atoms with Gasteiger partial charge < -0.3 is 5.73 Å². The maximum absolute atomic E-state index is 11.2. The third-order valence-electron chi connectivity index (χ3n) is 2.10. The van der Waals surface area contributed by atoms with Gasteiger partial charge in [0.05, 0.1) is 12.5 Å². The van der Waals surface area contributed by atoms with Gasteiger partial charge >= 0.3 is 0 Å². The molecule has 0 fully saturated rings. The first-order valence-corrected chi connectivity index (χ1v) is 7.77. The molecule has 0 spiro atoms. The van der Waals surface area contributed by atoms with Crippen molar-refractivity contribution < 1.29 is 16.8 Å². The van der Waals surface area contributed by atoms with E-state index >= 15 is 0 Å². The first kappa shape index (κ1) is 18.4. The molecule has 2 N–H and O–H groups in total. The number of sulfonamides is 2. The van der Waals surface area contributed by atoms with Crippen LogP contribution in [0, 0.1) is 0 Å². The fourth-order valence-corrected chi connectivity index (χ4v) is 2.37. The van der Waals surface area contributed by atoms with Gasteiger partial charge in [0.1, 0.15) is 6.17 Å². The van der Waals surface area contributed by atoms with Crippen molar-refractivity contribution in [1.29, 1.82) is 0 Å². The van der Waals surface area contributed by atoms with E-state index in [9.17, 15) is 16.8 Å². The summed E-state index contributed by atoms with van der Waals surface area (Å²) >= 11 is 0. The van der Waals surface area contributed by atoms with Gasteiger partial charge in [0.15, 0.2) is 0 Å². The van der Waals surface area contributed by atoms with Crippen molar-refractivity contribution in [2.75, 3.05) is 33.2 Å². The van der Waals surface area contributed by atoms with Crippen LogP contribution in [0.25, 0.3) is 0 Å². The molecule has 0 aliphatic rings. The summed E-state index contributed by atoms with van der Waals surface area (Å²) in [5, 5.41) is 0. The van der Waals surface area contributed by atoms with Crippen molar-refractivity contribution >= 4 is 32.5 Å². The first-order chi connectivity index (χ1) is 6.51. The van der Waals surface area contributed by atoms with Gasteiger partial charge in [-0.3, -0.25) is 0 Å². The van der Waals surface area contributed by atoms with Crippen LogP contribution in [0.5, 0.6) is 0 Å². The molecule has 0 heterocycles. The fourth-order valence-electron chi connectivity index (χ4n) is 0.968. The Labute approximate surface area is 103 Å². The molecular formula is C6H18ClN3O4S2. The molecule has 0 saturated heterocycles. The molecule has 10 heteroatoms. The predicted molar refractivity (Wildman–Crippen MR) is 65.3 cm³/mol. The van der Waals surface area contributed by atoms with E-state index in [-0.39, 0.29) is 19.0 Å². The van der Waals surface area contributed by atoms with Crippen LogP contribution in [0.3, 0.4) is 0 Å². The van der Waals surface area contributed by atoms with Crippen LogP contribution in [-0.2, 0) is 20.0 Å². The highest BCUT2D eigenvalue weighted by Crippen LogP contribution is 2.08. The Morgan fingerprint density at radius 3 is 1.38 bits per heavy atom. The van der Waals surface area contributed by atoms with Gasteiger partial charge in [-0.2, -0.15) is 8.61 Å². The highest BCUT2D eigenvalue weighted by atomic mass is 35.5. The number of hydrogen-bond donors (Lipinski definition) is 1. The second-order valence-corrected chi connectivity index (χ2v) is 7.36. The van der Waals surface area contributed by atoms with Crippen LogP contribution < -0.4 is 5.73 Å². The number of nitrogens with two attached hydrogens (primary N) is 1. The molecule has 0 rings (SSSR count). The zero-order valence-electron chi connectivity index (χ0n) is 9.61. The lowest BCUT2D eigenvalue weighted by Crippen LogP contribution is -2.52. The minimum atomic E-state index is -3.47. The van der Waals surface area contributed by atoms with E-state index in [1.54, 1.807) is 0 Å². The van der Waals surface area contributed by atoms with Gasteiger partial charge in [-0.15, -0.1) is 12.4 Å². The summed E-state index contributed by atoms with van der Waals surface area (Å²) < 4.78 is 46.7. The number of rotatable bonds is 5. The molecule has 0 bridgehead atoms. The van der Waals surface area contributed by atoms with Crippen LogP contribution in [0.15, 0.2) is 0 Å². The molecule has 0 aliphatic heterocycles. The Kier molecular flexibility index (Phi) is 7.06. The molecule has 0 atom stereocenters. The van der Waals surface area contributed by atoms with E-state index in [4.69, 9.17) is 5.73 Å². The topological polar surface area (TPSA) is 101 Å². The average molecular weight is 296 g/mol. The Hall–Kier alpha value is 0.0700.